The molecule has 1 aliphatic heterocycles. The number of hydrogen-bond donors (Lipinski definition) is 1. The van der Waals surface area contributed by atoms with Crippen molar-refractivity contribution >= 4 is 17.7 Å². The molecule has 0 aliphatic carbocycles. The Morgan fingerprint density at radius 2 is 1.77 bits per heavy atom. The molecule has 0 unspecified atom stereocenters. The summed E-state index contributed by atoms with van der Waals surface area (Å²) >= 11 is 0. The third-order valence-corrected chi connectivity index (χ3v) is 5.42. The molecule has 0 fully saturated rings. The zero-order valence-electron chi connectivity index (χ0n) is 17.1. The van der Waals surface area contributed by atoms with Crippen molar-refractivity contribution in [3.63, 3.8) is 0 Å². The van der Waals surface area contributed by atoms with Crippen LogP contribution in [-0.2, 0) is 12.0 Å². The highest BCUT2D eigenvalue weighted by Gasteiger charge is 2.36. The minimum Gasteiger partial charge on any atom is -0.467 e. The van der Waals surface area contributed by atoms with Crippen LogP contribution in [0.25, 0.3) is 0 Å². The van der Waals surface area contributed by atoms with Gasteiger partial charge in [-0.3, -0.25) is 19.3 Å². The summed E-state index contributed by atoms with van der Waals surface area (Å²) in [5, 5.41) is 2.80. The van der Waals surface area contributed by atoms with Crippen LogP contribution in [0.2, 0.25) is 0 Å². The molecule has 4 rings (SSSR count). The van der Waals surface area contributed by atoms with E-state index in [0.717, 1.165) is 4.90 Å². The highest BCUT2D eigenvalue weighted by molar-refractivity contribution is 6.22. The Labute approximate surface area is 178 Å². The molecule has 31 heavy (non-hydrogen) atoms. The number of fused-ring (bicyclic) bond motifs is 1. The molecule has 1 aliphatic rings. The number of nitrogens with one attached hydrogen (secondary N) is 1. The Balaban J connectivity index is 1.49. The van der Waals surface area contributed by atoms with Crippen molar-refractivity contribution in [2.75, 3.05) is 6.54 Å². The zero-order chi connectivity index (χ0) is 22.2. The number of carbonyl (C=O) groups excluding carboxylic acids is 3. The van der Waals surface area contributed by atoms with E-state index in [-0.39, 0.29) is 35.6 Å². The molecule has 3 amide bonds. The van der Waals surface area contributed by atoms with E-state index in [9.17, 15) is 18.8 Å². The van der Waals surface area contributed by atoms with Gasteiger partial charge in [0.1, 0.15) is 11.6 Å². The van der Waals surface area contributed by atoms with Crippen molar-refractivity contribution in [1.29, 1.82) is 0 Å². The average Bonchev–Trinajstić information content (AvgIpc) is 3.35. The molecule has 3 aromatic rings. The number of benzene rings is 2. The van der Waals surface area contributed by atoms with Crippen LogP contribution >= 0.6 is 0 Å². The van der Waals surface area contributed by atoms with Crippen LogP contribution in [0.1, 0.15) is 56.2 Å². The predicted octanol–water partition coefficient (Wildman–Crippen LogP) is 3.92. The second-order valence-corrected chi connectivity index (χ2v) is 8.08. The van der Waals surface area contributed by atoms with Crippen LogP contribution in [0.15, 0.2) is 65.3 Å². The summed E-state index contributed by atoms with van der Waals surface area (Å²) in [6, 6.07) is 14.2. The van der Waals surface area contributed by atoms with E-state index >= 15 is 0 Å². The summed E-state index contributed by atoms with van der Waals surface area (Å²) < 4.78 is 19.4. The number of nitrogens with zero attached hydrogens (tertiary/aromatic N) is 1. The maximum Gasteiger partial charge on any atom is 0.261 e. The van der Waals surface area contributed by atoms with Crippen molar-refractivity contribution < 1.29 is 23.2 Å². The molecule has 158 valence electrons. The van der Waals surface area contributed by atoms with Crippen molar-refractivity contribution in [3.8, 4) is 0 Å². The minimum atomic E-state index is -0.636. The topological polar surface area (TPSA) is 79.6 Å². The van der Waals surface area contributed by atoms with E-state index in [1.807, 2.05) is 13.8 Å². The first-order valence-electron chi connectivity index (χ1n) is 9.84. The molecule has 0 radical (unpaired) electrons. The summed E-state index contributed by atoms with van der Waals surface area (Å²) in [4.78, 5) is 39.1. The smallest absolute Gasteiger partial charge is 0.261 e. The molecule has 0 spiro atoms. The van der Waals surface area contributed by atoms with E-state index in [1.165, 1.54) is 30.5 Å². The van der Waals surface area contributed by atoms with Gasteiger partial charge in [0.15, 0.2) is 0 Å². The SMILES string of the molecule is CC(C)(CNC(=O)c1ccc2c(c1)C(=O)N(Cc1ccco1)C2=O)c1ccccc1F. The van der Waals surface area contributed by atoms with Gasteiger partial charge in [-0.15, -0.1) is 0 Å². The van der Waals surface area contributed by atoms with Gasteiger partial charge in [-0.1, -0.05) is 32.0 Å². The highest BCUT2D eigenvalue weighted by Crippen LogP contribution is 2.27. The van der Waals surface area contributed by atoms with E-state index in [2.05, 4.69) is 5.32 Å². The normalized spacial score (nSPS) is 13.5. The molecule has 1 aromatic heterocycles. The summed E-state index contributed by atoms with van der Waals surface area (Å²) in [7, 11) is 0. The monoisotopic (exact) mass is 420 g/mol. The molecule has 7 heteroatoms. The number of hydrogen-bond acceptors (Lipinski definition) is 4. The van der Waals surface area contributed by atoms with Gasteiger partial charge in [0.25, 0.3) is 17.7 Å². The molecular formula is C24H21FN2O4. The van der Waals surface area contributed by atoms with E-state index in [4.69, 9.17) is 4.42 Å². The zero-order valence-corrected chi connectivity index (χ0v) is 17.1. The third-order valence-electron chi connectivity index (χ3n) is 5.42. The number of imide groups is 1. The van der Waals surface area contributed by atoms with Gasteiger partial charge >= 0.3 is 0 Å². The number of carbonyl (C=O) groups is 3. The summed E-state index contributed by atoms with van der Waals surface area (Å²) in [6.07, 6.45) is 1.47. The predicted molar refractivity (Wildman–Crippen MR) is 111 cm³/mol. The molecule has 1 N–H and O–H groups in total. The summed E-state index contributed by atoms with van der Waals surface area (Å²) in [6.45, 7) is 3.89. The number of halogens is 1. The van der Waals surface area contributed by atoms with Gasteiger partial charge in [0, 0.05) is 17.5 Å². The second-order valence-electron chi connectivity index (χ2n) is 8.08. The second kappa shape index (κ2) is 7.83. The lowest BCUT2D eigenvalue weighted by molar-refractivity contribution is 0.0631. The summed E-state index contributed by atoms with van der Waals surface area (Å²) in [5.41, 5.74) is 0.545. The van der Waals surface area contributed by atoms with E-state index < -0.39 is 23.1 Å². The van der Waals surface area contributed by atoms with Gasteiger partial charge in [0.05, 0.1) is 23.9 Å². The van der Waals surface area contributed by atoms with Crippen LogP contribution in [0.3, 0.4) is 0 Å². The number of furan rings is 1. The molecule has 0 bridgehead atoms. The molecule has 6 nitrogen and oxygen atoms in total. The Morgan fingerprint density at radius 3 is 2.48 bits per heavy atom. The average molecular weight is 420 g/mol. The van der Waals surface area contributed by atoms with Gasteiger partial charge in [-0.2, -0.15) is 0 Å². The maximum absolute atomic E-state index is 14.1. The lowest BCUT2D eigenvalue weighted by Crippen LogP contribution is -2.37. The first-order chi connectivity index (χ1) is 14.8. The van der Waals surface area contributed by atoms with Gasteiger partial charge < -0.3 is 9.73 Å². The van der Waals surface area contributed by atoms with Crippen molar-refractivity contribution in [2.45, 2.75) is 25.8 Å². The minimum absolute atomic E-state index is 0.0255. The molecule has 0 saturated carbocycles. The Morgan fingerprint density at radius 1 is 1.03 bits per heavy atom. The number of rotatable bonds is 6. The lowest BCUT2D eigenvalue weighted by atomic mass is 9.84. The Kier molecular flexibility index (Phi) is 5.19. The van der Waals surface area contributed by atoms with Crippen LogP contribution < -0.4 is 5.32 Å². The molecule has 0 saturated heterocycles. The van der Waals surface area contributed by atoms with E-state index in [1.54, 1.807) is 30.3 Å². The fraction of sp³-hybridized carbons (Fsp3) is 0.208. The molecular weight excluding hydrogens is 399 g/mol. The third kappa shape index (κ3) is 3.86. The van der Waals surface area contributed by atoms with Gasteiger partial charge in [0.2, 0.25) is 0 Å². The Hall–Kier alpha value is -3.74. The molecule has 2 aromatic carbocycles. The first kappa shape index (κ1) is 20.5. The Bertz CT molecular complexity index is 1170. The lowest BCUT2D eigenvalue weighted by Gasteiger charge is -2.26. The summed E-state index contributed by atoms with van der Waals surface area (Å²) in [5.74, 6) is -1.15. The fourth-order valence-corrected chi connectivity index (χ4v) is 3.64. The standard InChI is InChI=1S/C24H21FN2O4/c1-24(2,19-7-3-4-8-20(19)25)14-26-21(28)15-9-10-17-18(12-15)23(30)27(22(17)29)13-16-6-5-11-31-16/h3-12H,13-14H2,1-2H3,(H,26,28). The van der Waals surface area contributed by atoms with Crippen LogP contribution in [0.5, 0.6) is 0 Å². The van der Waals surface area contributed by atoms with Crippen LogP contribution in [0, 0.1) is 5.82 Å². The van der Waals surface area contributed by atoms with Crippen molar-refractivity contribution in [3.05, 3.63) is 94.7 Å². The van der Waals surface area contributed by atoms with Crippen LogP contribution in [0.4, 0.5) is 4.39 Å². The fourth-order valence-electron chi connectivity index (χ4n) is 3.64. The van der Waals surface area contributed by atoms with Crippen molar-refractivity contribution in [2.24, 2.45) is 0 Å². The molecule has 0 atom stereocenters. The first-order valence-corrected chi connectivity index (χ1v) is 9.84. The van der Waals surface area contributed by atoms with Gasteiger partial charge in [-0.05, 0) is 42.0 Å². The van der Waals surface area contributed by atoms with Crippen molar-refractivity contribution in [1.82, 2.24) is 10.2 Å². The van der Waals surface area contributed by atoms with Crippen LogP contribution in [-0.4, -0.2) is 29.2 Å². The van der Waals surface area contributed by atoms with Gasteiger partial charge in [-0.25, -0.2) is 4.39 Å². The number of amides is 3. The van der Waals surface area contributed by atoms with E-state index in [0.29, 0.717) is 11.3 Å². The maximum atomic E-state index is 14.1. The molecule has 2 heterocycles. The highest BCUT2D eigenvalue weighted by atomic mass is 19.1. The quantitative estimate of drug-likeness (QED) is 0.613. The largest absolute Gasteiger partial charge is 0.467 e.